The Kier molecular flexibility index (Phi) is 6.42. The number of anilines is 1. The van der Waals surface area contributed by atoms with Crippen molar-refractivity contribution in [1.29, 1.82) is 0 Å². The highest BCUT2D eigenvalue weighted by molar-refractivity contribution is 5.48. The largest absolute Gasteiger partial charge is 0.494 e. The minimum absolute atomic E-state index is 0.291. The van der Waals surface area contributed by atoms with Crippen LogP contribution >= 0.6 is 0 Å². The van der Waals surface area contributed by atoms with Crippen molar-refractivity contribution in [3.05, 3.63) is 24.3 Å². The zero-order chi connectivity index (χ0) is 11.6. The minimum atomic E-state index is 0.291. The van der Waals surface area contributed by atoms with Gasteiger partial charge in [0.1, 0.15) is 5.75 Å². The molecule has 0 fully saturated rings. The molecule has 0 aliphatic rings. The molecule has 0 heterocycles. The standard InChI is InChI=1S/C13H21NO2/c1-2-16-13-8-6-7-12(11-13)14-9-4-3-5-10-15/h6-8,11,14-15H,2-5,9-10H2,1H3. The lowest BCUT2D eigenvalue weighted by atomic mass is 10.2. The van der Waals surface area contributed by atoms with E-state index in [0.29, 0.717) is 13.2 Å². The fourth-order valence-corrected chi connectivity index (χ4v) is 1.51. The van der Waals surface area contributed by atoms with Gasteiger partial charge >= 0.3 is 0 Å². The van der Waals surface area contributed by atoms with Crippen LogP contribution in [0.15, 0.2) is 24.3 Å². The highest BCUT2D eigenvalue weighted by Gasteiger charge is 1.95. The lowest BCUT2D eigenvalue weighted by Gasteiger charge is -2.08. The van der Waals surface area contributed by atoms with Gasteiger partial charge in [0.15, 0.2) is 0 Å². The summed E-state index contributed by atoms with van der Waals surface area (Å²) in [6, 6.07) is 7.99. The Morgan fingerprint density at radius 1 is 1.25 bits per heavy atom. The average Bonchev–Trinajstić information content (AvgIpc) is 2.30. The van der Waals surface area contributed by atoms with Gasteiger partial charge in [-0.15, -0.1) is 0 Å². The second-order valence-electron chi connectivity index (χ2n) is 3.67. The van der Waals surface area contributed by atoms with Crippen LogP contribution in [0, 0.1) is 0 Å². The van der Waals surface area contributed by atoms with Gasteiger partial charge < -0.3 is 15.2 Å². The average molecular weight is 223 g/mol. The molecule has 0 bridgehead atoms. The maximum Gasteiger partial charge on any atom is 0.121 e. The van der Waals surface area contributed by atoms with Gasteiger partial charge in [-0.2, -0.15) is 0 Å². The maximum atomic E-state index is 8.64. The van der Waals surface area contributed by atoms with Gasteiger partial charge in [-0.3, -0.25) is 0 Å². The Morgan fingerprint density at radius 3 is 2.88 bits per heavy atom. The van der Waals surface area contributed by atoms with Crippen LogP contribution in [0.25, 0.3) is 0 Å². The van der Waals surface area contributed by atoms with Gasteiger partial charge in [0.2, 0.25) is 0 Å². The molecule has 0 amide bonds. The van der Waals surface area contributed by atoms with Crippen LogP contribution < -0.4 is 10.1 Å². The zero-order valence-corrected chi connectivity index (χ0v) is 9.91. The Balaban J connectivity index is 2.27. The van der Waals surface area contributed by atoms with Crippen molar-refractivity contribution in [2.45, 2.75) is 26.2 Å². The summed E-state index contributed by atoms with van der Waals surface area (Å²) in [5, 5.41) is 12.0. The Morgan fingerprint density at radius 2 is 2.12 bits per heavy atom. The van der Waals surface area contributed by atoms with Gasteiger partial charge in [0, 0.05) is 24.9 Å². The molecule has 16 heavy (non-hydrogen) atoms. The first kappa shape index (κ1) is 12.8. The molecule has 0 spiro atoms. The van der Waals surface area contributed by atoms with Crippen LogP contribution in [0.5, 0.6) is 5.75 Å². The number of nitrogens with one attached hydrogen (secondary N) is 1. The molecule has 0 unspecified atom stereocenters. The van der Waals surface area contributed by atoms with Crippen LogP contribution in [0.1, 0.15) is 26.2 Å². The maximum absolute atomic E-state index is 8.64. The number of aliphatic hydroxyl groups excluding tert-OH is 1. The third-order valence-electron chi connectivity index (χ3n) is 2.31. The van der Waals surface area contributed by atoms with Gasteiger partial charge in [0.25, 0.3) is 0 Å². The fourth-order valence-electron chi connectivity index (χ4n) is 1.51. The smallest absolute Gasteiger partial charge is 0.121 e. The van der Waals surface area contributed by atoms with E-state index < -0.39 is 0 Å². The summed E-state index contributed by atoms with van der Waals surface area (Å²) in [5.41, 5.74) is 1.09. The topological polar surface area (TPSA) is 41.5 Å². The molecule has 0 atom stereocenters. The molecule has 1 rings (SSSR count). The van der Waals surface area contributed by atoms with E-state index >= 15 is 0 Å². The molecule has 0 radical (unpaired) electrons. The number of aliphatic hydroxyl groups is 1. The number of benzene rings is 1. The summed E-state index contributed by atoms with van der Waals surface area (Å²) in [4.78, 5) is 0. The molecule has 0 saturated carbocycles. The third-order valence-corrected chi connectivity index (χ3v) is 2.31. The van der Waals surface area contributed by atoms with E-state index in [1.165, 1.54) is 0 Å². The monoisotopic (exact) mass is 223 g/mol. The molecule has 0 aliphatic carbocycles. The number of hydrogen-bond donors (Lipinski definition) is 2. The predicted octanol–water partition coefficient (Wildman–Crippen LogP) is 2.66. The number of hydrogen-bond acceptors (Lipinski definition) is 3. The van der Waals surface area contributed by atoms with E-state index in [2.05, 4.69) is 5.32 Å². The van der Waals surface area contributed by atoms with Crippen molar-refractivity contribution in [2.75, 3.05) is 25.1 Å². The SMILES string of the molecule is CCOc1cccc(NCCCCCO)c1. The van der Waals surface area contributed by atoms with Gasteiger partial charge in [0.05, 0.1) is 6.61 Å². The second-order valence-corrected chi connectivity index (χ2v) is 3.67. The van der Waals surface area contributed by atoms with Crippen LogP contribution in [0.4, 0.5) is 5.69 Å². The van der Waals surface area contributed by atoms with E-state index in [4.69, 9.17) is 9.84 Å². The predicted molar refractivity (Wildman–Crippen MR) is 67.0 cm³/mol. The minimum Gasteiger partial charge on any atom is -0.494 e. The highest BCUT2D eigenvalue weighted by Crippen LogP contribution is 2.17. The van der Waals surface area contributed by atoms with E-state index in [9.17, 15) is 0 Å². The van der Waals surface area contributed by atoms with Crippen LogP contribution in [0.2, 0.25) is 0 Å². The summed E-state index contributed by atoms with van der Waals surface area (Å²) in [7, 11) is 0. The van der Waals surface area contributed by atoms with E-state index in [0.717, 1.165) is 37.2 Å². The summed E-state index contributed by atoms with van der Waals surface area (Å²) >= 11 is 0. The van der Waals surface area contributed by atoms with Crippen molar-refractivity contribution in [2.24, 2.45) is 0 Å². The van der Waals surface area contributed by atoms with Crippen molar-refractivity contribution >= 4 is 5.69 Å². The number of unbranched alkanes of at least 4 members (excludes halogenated alkanes) is 2. The Bertz CT molecular complexity index is 289. The zero-order valence-electron chi connectivity index (χ0n) is 9.91. The van der Waals surface area contributed by atoms with Crippen LogP contribution in [-0.2, 0) is 0 Å². The molecule has 0 aromatic heterocycles. The normalized spacial score (nSPS) is 10.1. The molecule has 3 heteroatoms. The summed E-state index contributed by atoms with van der Waals surface area (Å²) in [6.45, 7) is 3.91. The summed E-state index contributed by atoms with van der Waals surface area (Å²) in [5.74, 6) is 0.905. The van der Waals surface area contributed by atoms with Crippen LogP contribution in [0.3, 0.4) is 0 Å². The van der Waals surface area contributed by atoms with Crippen LogP contribution in [-0.4, -0.2) is 24.9 Å². The lowest BCUT2D eigenvalue weighted by molar-refractivity contribution is 0.283. The first-order chi connectivity index (χ1) is 7.86. The van der Waals surface area contributed by atoms with E-state index in [1.807, 2.05) is 31.2 Å². The van der Waals surface area contributed by atoms with E-state index in [-0.39, 0.29) is 0 Å². The van der Waals surface area contributed by atoms with Crippen molar-refractivity contribution in [3.63, 3.8) is 0 Å². The highest BCUT2D eigenvalue weighted by atomic mass is 16.5. The van der Waals surface area contributed by atoms with Crippen molar-refractivity contribution in [3.8, 4) is 5.75 Å². The van der Waals surface area contributed by atoms with Gasteiger partial charge in [-0.1, -0.05) is 6.07 Å². The first-order valence-corrected chi connectivity index (χ1v) is 5.94. The van der Waals surface area contributed by atoms with E-state index in [1.54, 1.807) is 0 Å². The lowest BCUT2D eigenvalue weighted by Crippen LogP contribution is -2.02. The fraction of sp³-hybridized carbons (Fsp3) is 0.538. The first-order valence-electron chi connectivity index (χ1n) is 5.94. The third kappa shape index (κ3) is 5.03. The second kappa shape index (κ2) is 7.99. The van der Waals surface area contributed by atoms with Gasteiger partial charge in [-0.05, 0) is 38.3 Å². The molecule has 0 saturated heterocycles. The number of ether oxygens (including phenoxy) is 1. The Hall–Kier alpha value is -1.22. The molecular formula is C13H21NO2. The molecular weight excluding hydrogens is 202 g/mol. The van der Waals surface area contributed by atoms with Gasteiger partial charge in [-0.25, -0.2) is 0 Å². The summed E-state index contributed by atoms with van der Waals surface area (Å²) in [6.07, 6.45) is 3.04. The number of rotatable bonds is 8. The summed E-state index contributed by atoms with van der Waals surface area (Å²) < 4.78 is 5.42. The molecule has 2 N–H and O–H groups in total. The molecule has 0 aliphatic heterocycles. The molecule has 90 valence electrons. The molecule has 1 aromatic carbocycles. The van der Waals surface area contributed by atoms with Crippen molar-refractivity contribution < 1.29 is 9.84 Å². The quantitative estimate of drug-likeness (QED) is 0.666. The Labute approximate surface area is 97.4 Å². The molecule has 3 nitrogen and oxygen atoms in total. The molecule has 1 aromatic rings. The van der Waals surface area contributed by atoms with Crippen molar-refractivity contribution in [1.82, 2.24) is 0 Å².